The predicted octanol–water partition coefficient (Wildman–Crippen LogP) is 8.17. The lowest BCUT2D eigenvalue weighted by molar-refractivity contribution is -0.184. The molecule has 5 aliphatic rings. The van der Waals surface area contributed by atoms with Gasteiger partial charge in [-0.05, 0) is 114 Å². The van der Waals surface area contributed by atoms with Gasteiger partial charge in [0.05, 0.1) is 6.10 Å². The van der Waals surface area contributed by atoms with Crippen molar-refractivity contribution in [1.29, 1.82) is 0 Å². The maximum Gasteiger partial charge on any atom is 0.0594 e. The second-order valence-electron chi connectivity index (χ2n) is 15.3. The molecule has 5 aliphatic carbocycles. The largest absolute Gasteiger partial charge is 0.393 e. The van der Waals surface area contributed by atoms with Gasteiger partial charge in [-0.3, -0.25) is 0 Å². The Balaban J connectivity index is 1.56. The van der Waals surface area contributed by atoms with Crippen LogP contribution in [0.4, 0.5) is 0 Å². The molecule has 0 radical (unpaired) electrons. The summed E-state index contributed by atoms with van der Waals surface area (Å²) in [7, 11) is 0. The second kappa shape index (κ2) is 6.43. The van der Waals surface area contributed by atoms with E-state index in [1.807, 2.05) is 5.57 Å². The first kappa shape index (κ1) is 22.5. The number of hydrogen-bond acceptors (Lipinski definition) is 1. The van der Waals surface area contributed by atoms with Gasteiger partial charge in [0, 0.05) is 0 Å². The third-order valence-electron chi connectivity index (χ3n) is 12.7. The summed E-state index contributed by atoms with van der Waals surface area (Å²) >= 11 is 0. The normalized spacial score (nSPS) is 55.2. The topological polar surface area (TPSA) is 20.2 Å². The molecule has 176 valence electrons. The summed E-state index contributed by atoms with van der Waals surface area (Å²) < 4.78 is 0. The monoisotopic (exact) mass is 426 g/mol. The van der Waals surface area contributed by atoms with Crippen LogP contribution in [0.1, 0.15) is 120 Å². The SMILES string of the molecule is CC1(C)CC[C@]2(C)CC=C3[C@@](C)(CC[C@H]4[C@]5(C)CC[C@H](O)C(C)(C)[C@@H]5CC[C@]34C)[C@@H]2C1. The Morgan fingerprint density at radius 1 is 0.710 bits per heavy atom. The lowest BCUT2D eigenvalue weighted by Crippen LogP contribution is -2.63. The molecule has 0 unspecified atom stereocenters. The highest BCUT2D eigenvalue weighted by molar-refractivity contribution is 5.34. The Kier molecular flexibility index (Phi) is 4.66. The fraction of sp³-hybridized carbons (Fsp3) is 0.933. The van der Waals surface area contributed by atoms with Crippen LogP contribution in [0.3, 0.4) is 0 Å². The van der Waals surface area contributed by atoms with Gasteiger partial charge in [-0.15, -0.1) is 0 Å². The summed E-state index contributed by atoms with van der Waals surface area (Å²) in [6.07, 6.45) is 15.8. The number of allylic oxidation sites excluding steroid dienone is 2. The number of aliphatic hydroxyl groups is 1. The molecule has 0 aromatic carbocycles. The molecule has 31 heavy (non-hydrogen) atoms. The van der Waals surface area contributed by atoms with Crippen molar-refractivity contribution in [2.24, 2.45) is 50.2 Å². The summed E-state index contributed by atoms with van der Waals surface area (Å²) in [5.41, 5.74) is 4.07. The van der Waals surface area contributed by atoms with Crippen LogP contribution in [0, 0.1) is 50.2 Å². The molecular weight excluding hydrogens is 376 g/mol. The Bertz CT molecular complexity index is 790. The van der Waals surface area contributed by atoms with Gasteiger partial charge in [0.1, 0.15) is 0 Å². The van der Waals surface area contributed by atoms with Crippen molar-refractivity contribution in [3.8, 4) is 0 Å². The van der Waals surface area contributed by atoms with Crippen molar-refractivity contribution >= 4 is 0 Å². The minimum absolute atomic E-state index is 0.0575. The van der Waals surface area contributed by atoms with Crippen molar-refractivity contribution in [2.75, 3.05) is 0 Å². The smallest absolute Gasteiger partial charge is 0.0594 e. The van der Waals surface area contributed by atoms with Crippen molar-refractivity contribution in [2.45, 2.75) is 126 Å². The molecule has 5 rings (SSSR count). The van der Waals surface area contributed by atoms with E-state index < -0.39 is 0 Å². The second-order valence-corrected chi connectivity index (χ2v) is 15.3. The van der Waals surface area contributed by atoms with Gasteiger partial charge < -0.3 is 5.11 Å². The van der Waals surface area contributed by atoms with Crippen LogP contribution < -0.4 is 0 Å². The van der Waals surface area contributed by atoms with E-state index in [2.05, 4.69) is 61.5 Å². The average molecular weight is 427 g/mol. The van der Waals surface area contributed by atoms with E-state index in [9.17, 15) is 5.11 Å². The van der Waals surface area contributed by atoms with E-state index in [4.69, 9.17) is 0 Å². The number of hydrogen-bond donors (Lipinski definition) is 1. The summed E-state index contributed by atoms with van der Waals surface area (Å²) in [6, 6.07) is 0. The average Bonchev–Trinajstić information content (AvgIpc) is 2.66. The van der Waals surface area contributed by atoms with Crippen LogP contribution in [0.5, 0.6) is 0 Å². The van der Waals surface area contributed by atoms with E-state index in [-0.39, 0.29) is 11.5 Å². The summed E-state index contributed by atoms with van der Waals surface area (Å²) in [6.45, 7) is 20.4. The number of fused-ring (bicyclic) bond motifs is 7. The number of aliphatic hydroxyl groups excluding tert-OH is 1. The van der Waals surface area contributed by atoms with Crippen molar-refractivity contribution in [3.05, 3.63) is 11.6 Å². The van der Waals surface area contributed by atoms with Crippen LogP contribution >= 0.6 is 0 Å². The lowest BCUT2D eigenvalue weighted by atomic mass is 9.35. The van der Waals surface area contributed by atoms with E-state index in [0.29, 0.717) is 33.0 Å². The van der Waals surface area contributed by atoms with Crippen LogP contribution in [-0.2, 0) is 0 Å². The highest BCUT2D eigenvalue weighted by atomic mass is 16.3. The van der Waals surface area contributed by atoms with Gasteiger partial charge in [-0.2, -0.15) is 0 Å². The van der Waals surface area contributed by atoms with Gasteiger partial charge in [0.2, 0.25) is 0 Å². The molecule has 8 atom stereocenters. The Morgan fingerprint density at radius 2 is 1.32 bits per heavy atom. The molecule has 1 nitrogen and oxygen atoms in total. The fourth-order valence-electron chi connectivity index (χ4n) is 10.8. The maximum atomic E-state index is 10.9. The highest BCUT2D eigenvalue weighted by Crippen LogP contribution is 2.74. The molecule has 0 bridgehead atoms. The van der Waals surface area contributed by atoms with E-state index in [0.717, 1.165) is 18.3 Å². The first-order valence-corrected chi connectivity index (χ1v) is 13.6. The van der Waals surface area contributed by atoms with Gasteiger partial charge in [0.25, 0.3) is 0 Å². The van der Waals surface area contributed by atoms with Crippen LogP contribution in [0.25, 0.3) is 0 Å². The van der Waals surface area contributed by atoms with E-state index >= 15 is 0 Å². The third-order valence-corrected chi connectivity index (χ3v) is 12.7. The zero-order valence-corrected chi connectivity index (χ0v) is 21.9. The maximum absolute atomic E-state index is 10.9. The minimum Gasteiger partial charge on any atom is -0.393 e. The molecule has 4 fully saturated rings. The highest BCUT2D eigenvalue weighted by Gasteiger charge is 2.66. The van der Waals surface area contributed by atoms with Crippen molar-refractivity contribution < 1.29 is 5.11 Å². The number of rotatable bonds is 0. The van der Waals surface area contributed by atoms with Crippen molar-refractivity contribution in [3.63, 3.8) is 0 Å². The van der Waals surface area contributed by atoms with Gasteiger partial charge in [0.15, 0.2) is 0 Å². The molecule has 1 heteroatoms. The first-order chi connectivity index (χ1) is 14.2. The molecule has 1 N–H and O–H groups in total. The van der Waals surface area contributed by atoms with Gasteiger partial charge in [-0.1, -0.05) is 67.0 Å². The van der Waals surface area contributed by atoms with Crippen LogP contribution in [0.15, 0.2) is 11.6 Å². The van der Waals surface area contributed by atoms with E-state index in [1.165, 1.54) is 57.8 Å². The molecular formula is C30H50O. The van der Waals surface area contributed by atoms with Crippen LogP contribution in [0.2, 0.25) is 0 Å². The molecule has 0 aliphatic heterocycles. The molecule has 0 aromatic rings. The summed E-state index contributed by atoms with van der Waals surface area (Å²) in [5.74, 6) is 2.29. The molecule has 4 saturated carbocycles. The fourth-order valence-corrected chi connectivity index (χ4v) is 10.8. The quantitative estimate of drug-likeness (QED) is 0.387. The summed E-state index contributed by atoms with van der Waals surface area (Å²) in [4.78, 5) is 0. The molecule has 0 amide bonds. The Morgan fingerprint density at radius 3 is 2.00 bits per heavy atom. The van der Waals surface area contributed by atoms with Crippen LogP contribution in [-0.4, -0.2) is 11.2 Å². The molecule has 0 heterocycles. The lowest BCUT2D eigenvalue weighted by Gasteiger charge is -2.70. The molecule has 0 spiro atoms. The minimum atomic E-state index is -0.122. The first-order valence-electron chi connectivity index (χ1n) is 13.6. The van der Waals surface area contributed by atoms with Crippen molar-refractivity contribution in [1.82, 2.24) is 0 Å². The predicted molar refractivity (Wildman–Crippen MR) is 131 cm³/mol. The molecule has 0 aromatic heterocycles. The molecule has 0 saturated heterocycles. The summed E-state index contributed by atoms with van der Waals surface area (Å²) in [5, 5.41) is 10.9. The van der Waals surface area contributed by atoms with E-state index in [1.54, 1.807) is 0 Å². The zero-order chi connectivity index (χ0) is 22.7. The third kappa shape index (κ3) is 2.83. The zero-order valence-electron chi connectivity index (χ0n) is 21.9. The Labute approximate surface area is 192 Å². The van der Waals surface area contributed by atoms with Gasteiger partial charge in [-0.25, -0.2) is 0 Å². The standard InChI is InChI=1S/C30H50O/c1-25(2)17-18-27(5)13-9-21-29(7)14-10-20-26(3,4)24(31)12-16-28(20,6)22(29)11-15-30(21,8)23(27)19-25/h9,20,22-24,31H,10-19H2,1-8H3/t20-,22-,23+,24-,27-,28+,29+,30+/m0/s1. The Hall–Kier alpha value is -0.300. The van der Waals surface area contributed by atoms with Gasteiger partial charge >= 0.3 is 0 Å².